The van der Waals surface area contributed by atoms with Crippen molar-refractivity contribution in [1.29, 1.82) is 0 Å². The monoisotopic (exact) mass is 323 g/mol. The average Bonchev–Trinajstić information content (AvgIpc) is 3.30. The summed E-state index contributed by atoms with van der Waals surface area (Å²) in [5.74, 6) is 1.79. The summed E-state index contributed by atoms with van der Waals surface area (Å²) < 4.78 is 16.4. The van der Waals surface area contributed by atoms with Gasteiger partial charge >= 0.3 is 0 Å². The molecule has 0 bridgehead atoms. The third-order valence-electron chi connectivity index (χ3n) is 4.49. The minimum absolute atomic E-state index is 0.127. The van der Waals surface area contributed by atoms with E-state index in [4.69, 9.17) is 14.0 Å². The van der Waals surface area contributed by atoms with Crippen LogP contribution in [0.3, 0.4) is 0 Å². The summed E-state index contributed by atoms with van der Waals surface area (Å²) >= 11 is 0. The van der Waals surface area contributed by atoms with Crippen molar-refractivity contribution in [2.24, 2.45) is 11.8 Å². The van der Waals surface area contributed by atoms with Crippen molar-refractivity contribution in [3.8, 4) is 0 Å². The van der Waals surface area contributed by atoms with E-state index >= 15 is 0 Å². The molecule has 0 radical (unpaired) electrons. The zero-order valence-electron chi connectivity index (χ0n) is 13.8. The van der Waals surface area contributed by atoms with Gasteiger partial charge in [0.2, 0.25) is 11.8 Å². The smallest absolute Gasteiger partial charge is 0.249 e. The number of hydrogen-bond acceptors (Lipinski definition) is 6. The largest absolute Gasteiger partial charge is 0.381 e. The Bertz CT molecular complexity index is 523. The summed E-state index contributed by atoms with van der Waals surface area (Å²) in [7, 11) is 0. The maximum atomic E-state index is 12.5. The van der Waals surface area contributed by atoms with Gasteiger partial charge in [-0.3, -0.25) is 4.79 Å². The second kappa shape index (κ2) is 7.40. The van der Waals surface area contributed by atoms with Crippen molar-refractivity contribution in [2.75, 3.05) is 19.8 Å². The maximum Gasteiger partial charge on any atom is 0.249 e. The number of nitrogens with zero attached hydrogens (tertiary/aromatic N) is 2. The van der Waals surface area contributed by atoms with Gasteiger partial charge in [0.1, 0.15) is 12.1 Å². The SMILES string of the molecule is Cc1noc([C@H](NC(=O)[C@@H](C)OCC2CC2)C2CCOCC2)n1. The molecule has 1 saturated heterocycles. The van der Waals surface area contributed by atoms with Crippen LogP contribution in [0.5, 0.6) is 0 Å². The second-order valence-electron chi connectivity index (χ2n) is 6.53. The zero-order chi connectivity index (χ0) is 16.2. The Balaban J connectivity index is 1.63. The highest BCUT2D eigenvalue weighted by atomic mass is 16.5. The van der Waals surface area contributed by atoms with Crippen LogP contribution in [0.15, 0.2) is 4.52 Å². The number of ether oxygens (including phenoxy) is 2. The quantitative estimate of drug-likeness (QED) is 0.823. The van der Waals surface area contributed by atoms with E-state index in [0.29, 0.717) is 37.5 Å². The van der Waals surface area contributed by atoms with Crippen LogP contribution in [0.4, 0.5) is 0 Å². The fourth-order valence-electron chi connectivity index (χ4n) is 2.78. The minimum Gasteiger partial charge on any atom is -0.381 e. The molecule has 7 heteroatoms. The summed E-state index contributed by atoms with van der Waals surface area (Å²) in [6.07, 6.45) is 3.68. The number of aryl methyl sites for hydroxylation is 1. The van der Waals surface area contributed by atoms with Gasteiger partial charge in [-0.2, -0.15) is 4.98 Å². The Kier molecular flexibility index (Phi) is 5.27. The predicted molar refractivity (Wildman–Crippen MR) is 81.6 cm³/mol. The van der Waals surface area contributed by atoms with Crippen molar-refractivity contribution >= 4 is 5.91 Å². The van der Waals surface area contributed by atoms with E-state index in [0.717, 1.165) is 12.8 Å². The summed E-state index contributed by atoms with van der Waals surface area (Å²) in [5.41, 5.74) is 0. The normalized spacial score (nSPS) is 21.8. The average molecular weight is 323 g/mol. The van der Waals surface area contributed by atoms with Crippen molar-refractivity contribution < 1.29 is 18.8 Å². The van der Waals surface area contributed by atoms with Crippen molar-refractivity contribution in [1.82, 2.24) is 15.5 Å². The molecule has 2 heterocycles. The number of rotatable bonds is 7. The van der Waals surface area contributed by atoms with E-state index in [1.165, 1.54) is 12.8 Å². The van der Waals surface area contributed by atoms with Gasteiger partial charge < -0.3 is 19.3 Å². The van der Waals surface area contributed by atoms with Crippen molar-refractivity contribution in [2.45, 2.75) is 51.7 Å². The molecule has 2 atom stereocenters. The fourth-order valence-corrected chi connectivity index (χ4v) is 2.78. The summed E-state index contributed by atoms with van der Waals surface area (Å²) in [6, 6.07) is -0.278. The lowest BCUT2D eigenvalue weighted by atomic mass is 9.91. The van der Waals surface area contributed by atoms with Crippen LogP contribution in [0, 0.1) is 18.8 Å². The second-order valence-corrected chi connectivity index (χ2v) is 6.53. The molecule has 1 aliphatic carbocycles. The van der Waals surface area contributed by atoms with Gasteiger partial charge in [-0.15, -0.1) is 0 Å². The molecular formula is C16H25N3O4. The lowest BCUT2D eigenvalue weighted by molar-refractivity contribution is -0.133. The van der Waals surface area contributed by atoms with E-state index in [-0.39, 0.29) is 17.9 Å². The topological polar surface area (TPSA) is 86.5 Å². The van der Waals surface area contributed by atoms with Gasteiger partial charge in [-0.1, -0.05) is 5.16 Å². The minimum atomic E-state index is -0.470. The lowest BCUT2D eigenvalue weighted by Gasteiger charge is -2.29. The number of carbonyl (C=O) groups is 1. The van der Waals surface area contributed by atoms with Crippen LogP contribution < -0.4 is 5.32 Å². The molecule has 3 rings (SSSR count). The van der Waals surface area contributed by atoms with Crippen molar-refractivity contribution in [3.63, 3.8) is 0 Å². The first-order valence-electron chi connectivity index (χ1n) is 8.43. The predicted octanol–water partition coefficient (Wildman–Crippen LogP) is 1.78. The molecule has 1 saturated carbocycles. The third-order valence-corrected chi connectivity index (χ3v) is 4.49. The van der Waals surface area contributed by atoms with Gasteiger partial charge in [-0.05, 0) is 51.4 Å². The van der Waals surface area contributed by atoms with Crippen LogP contribution in [-0.2, 0) is 14.3 Å². The Morgan fingerprint density at radius 1 is 1.35 bits per heavy atom. The van der Waals surface area contributed by atoms with Gasteiger partial charge in [-0.25, -0.2) is 0 Å². The first kappa shape index (κ1) is 16.4. The van der Waals surface area contributed by atoms with Crippen LogP contribution in [0.2, 0.25) is 0 Å². The standard InChI is InChI=1S/C16H25N3O4/c1-10(22-9-12-3-4-12)15(20)18-14(13-5-7-21-8-6-13)16-17-11(2)19-23-16/h10,12-14H,3-9H2,1-2H3,(H,18,20)/t10-,14-/m1/s1. The fraction of sp³-hybridized carbons (Fsp3) is 0.812. The van der Waals surface area contributed by atoms with E-state index < -0.39 is 6.10 Å². The summed E-state index contributed by atoms with van der Waals surface area (Å²) in [6.45, 7) is 5.61. The maximum absolute atomic E-state index is 12.5. The van der Waals surface area contributed by atoms with Gasteiger partial charge in [0, 0.05) is 13.2 Å². The van der Waals surface area contributed by atoms with Crippen LogP contribution in [0.25, 0.3) is 0 Å². The summed E-state index contributed by atoms with van der Waals surface area (Å²) in [4.78, 5) is 16.8. The Morgan fingerprint density at radius 2 is 2.09 bits per heavy atom. The Hall–Kier alpha value is -1.47. The lowest BCUT2D eigenvalue weighted by Crippen LogP contribution is -2.41. The highest BCUT2D eigenvalue weighted by Crippen LogP contribution is 2.30. The first-order chi connectivity index (χ1) is 11.1. The molecule has 1 aliphatic heterocycles. The number of amides is 1. The molecule has 0 spiro atoms. The molecule has 0 unspecified atom stereocenters. The van der Waals surface area contributed by atoms with Crippen LogP contribution >= 0.6 is 0 Å². The molecule has 1 N–H and O–H groups in total. The molecular weight excluding hydrogens is 298 g/mol. The van der Waals surface area contributed by atoms with E-state index in [1.54, 1.807) is 13.8 Å². The number of hydrogen-bond donors (Lipinski definition) is 1. The number of carbonyl (C=O) groups excluding carboxylic acids is 1. The molecule has 0 aromatic carbocycles. The molecule has 1 amide bonds. The molecule has 1 aromatic rings. The van der Waals surface area contributed by atoms with E-state index in [1.807, 2.05) is 0 Å². The Morgan fingerprint density at radius 3 is 2.70 bits per heavy atom. The number of nitrogens with one attached hydrogen (secondary N) is 1. The Labute approximate surface area is 136 Å². The van der Waals surface area contributed by atoms with Gasteiger partial charge in [0.15, 0.2) is 5.82 Å². The summed E-state index contributed by atoms with van der Waals surface area (Å²) in [5, 5.41) is 6.90. The molecule has 128 valence electrons. The molecule has 2 fully saturated rings. The van der Waals surface area contributed by atoms with Gasteiger partial charge in [0.05, 0.1) is 6.61 Å². The zero-order valence-corrected chi connectivity index (χ0v) is 13.8. The molecule has 7 nitrogen and oxygen atoms in total. The molecule has 2 aliphatic rings. The molecule has 1 aromatic heterocycles. The highest BCUT2D eigenvalue weighted by Gasteiger charge is 2.32. The number of aromatic nitrogens is 2. The first-order valence-corrected chi connectivity index (χ1v) is 8.43. The van der Waals surface area contributed by atoms with E-state index in [2.05, 4.69) is 15.5 Å². The van der Waals surface area contributed by atoms with Crippen LogP contribution in [-0.4, -0.2) is 42.0 Å². The van der Waals surface area contributed by atoms with E-state index in [9.17, 15) is 4.79 Å². The highest BCUT2D eigenvalue weighted by molar-refractivity contribution is 5.80. The third kappa shape index (κ3) is 4.51. The van der Waals surface area contributed by atoms with Crippen molar-refractivity contribution in [3.05, 3.63) is 11.7 Å². The molecule has 23 heavy (non-hydrogen) atoms. The van der Waals surface area contributed by atoms with Crippen LogP contribution in [0.1, 0.15) is 50.4 Å². The van der Waals surface area contributed by atoms with Gasteiger partial charge in [0.25, 0.3) is 0 Å².